The summed E-state index contributed by atoms with van der Waals surface area (Å²) in [6, 6.07) is 5.97. The van der Waals surface area contributed by atoms with Gasteiger partial charge in [-0.1, -0.05) is 17.7 Å². The smallest absolute Gasteiger partial charge is 0.0426 e. The molecule has 3 nitrogen and oxygen atoms in total. The lowest BCUT2D eigenvalue weighted by atomic mass is 9.96. The molecule has 2 N–H and O–H groups in total. The zero-order chi connectivity index (χ0) is 13.8. The molecule has 19 heavy (non-hydrogen) atoms. The molecule has 0 atom stereocenters. The van der Waals surface area contributed by atoms with Crippen LogP contribution in [0.3, 0.4) is 0 Å². The summed E-state index contributed by atoms with van der Waals surface area (Å²) >= 11 is 6.11. The molecule has 4 heteroatoms. The minimum atomic E-state index is 0.560. The van der Waals surface area contributed by atoms with E-state index in [2.05, 4.69) is 23.9 Å². The molecule has 1 aliphatic rings. The zero-order valence-corrected chi connectivity index (χ0v) is 12.7. The van der Waals surface area contributed by atoms with Gasteiger partial charge in [0.05, 0.1) is 0 Å². The first-order chi connectivity index (χ1) is 9.10. The van der Waals surface area contributed by atoms with E-state index < -0.39 is 0 Å². The van der Waals surface area contributed by atoms with Gasteiger partial charge in [0.25, 0.3) is 0 Å². The molecular weight excluding hydrogens is 258 g/mol. The first-order valence-electron chi connectivity index (χ1n) is 6.98. The van der Waals surface area contributed by atoms with E-state index in [4.69, 9.17) is 17.3 Å². The van der Waals surface area contributed by atoms with E-state index in [-0.39, 0.29) is 0 Å². The second kappa shape index (κ2) is 6.60. The summed E-state index contributed by atoms with van der Waals surface area (Å²) in [5.74, 6) is 0.769. The Morgan fingerprint density at radius 1 is 1.37 bits per heavy atom. The fourth-order valence-electron chi connectivity index (χ4n) is 2.80. The van der Waals surface area contributed by atoms with Gasteiger partial charge in [0.2, 0.25) is 0 Å². The monoisotopic (exact) mass is 281 g/mol. The van der Waals surface area contributed by atoms with Gasteiger partial charge in [0.15, 0.2) is 0 Å². The fraction of sp³-hybridized carbons (Fsp3) is 0.600. The van der Waals surface area contributed by atoms with Crippen molar-refractivity contribution in [3.63, 3.8) is 0 Å². The van der Waals surface area contributed by atoms with E-state index in [1.54, 1.807) is 0 Å². The van der Waals surface area contributed by atoms with Crippen molar-refractivity contribution in [2.45, 2.75) is 19.4 Å². The minimum Gasteiger partial charge on any atom is -0.374 e. The first-order valence-corrected chi connectivity index (χ1v) is 7.36. The van der Waals surface area contributed by atoms with Gasteiger partial charge in [-0.25, -0.2) is 0 Å². The Morgan fingerprint density at radius 2 is 2.05 bits per heavy atom. The molecule has 0 aliphatic carbocycles. The third-order valence-electron chi connectivity index (χ3n) is 4.05. The van der Waals surface area contributed by atoms with Crippen molar-refractivity contribution in [2.24, 2.45) is 11.7 Å². The van der Waals surface area contributed by atoms with Gasteiger partial charge < -0.3 is 15.5 Å². The number of nitrogens with two attached hydrogens (primary N) is 1. The average molecular weight is 282 g/mol. The van der Waals surface area contributed by atoms with Crippen LogP contribution in [-0.4, -0.2) is 38.6 Å². The summed E-state index contributed by atoms with van der Waals surface area (Å²) in [6.45, 7) is 4.06. The van der Waals surface area contributed by atoms with Crippen LogP contribution < -0.4 is 10.6 Å². The number of nitrogens with zero attached hydrogens (tertiary/aromatic N) is 2. The predicted molar refractivity (Wildman–Crippen MR) is 82.8 cm³/mol. The molecule has 0 amide bonds. The van der Waals surface area contributed by atoms with E-state index in [0.717, 1.165) is 17.5 Å². The number of halogens is 1. The van der Waals surface area contributed by atoms with Gasteiger partial charge in [-0.2, -0.15) is 0 Å². The van der Waals surface area contributed by atoms with Crippen molar-refractivity contribution >= 4 is 17.3 Å². The molecule has 0 bridgehead atoms. The highest BCUT2D eigenvalue weighted by molar-refractivity contribution is 6.30. The van der Waals surface area contributed by atoms with Crippen molar-refractivity contribution in [2.75, 3.05) is 38.6 Å². The second-order valence-corrected chi connectivity index (χ2v) is 6.04. The van der Waals surface area contributed by atoms with E-state index in [9.17, 15) is 0 Å². The Morgan fingerprint density at radius 3 is 2.68 bits per heavy atom. The molecule has 106 valence electrons. The Kier molecular flexibility index (Phi) is 5.08. The number of piperidine rings is 1. The third kappa shape index (κ3) is 3.85. The molecule has 1 aromatic carbocycles. The predicted octanol–water partition coefficient (Wildman–Crippen LogP) is 2.58. The normalized spacial score (nSPS) is 17.7. The minimum absolute atomic E-state index is 0.560. The van der Waals surface area contributed by atoms with Crippen LogP contribution >= 0.6 is 11.6 Å². The van der Waals surface area contributed by atoms with Crippen LogP contribution in [0.5, 0.6) is 0 Å². The highest BCUT2D eigenvalue weighted by Crippen LogP contribution is 2.26. The van der Waals surface area contributed by atoms with Gasteiger partial charge in [0, 0.05) is 30.8 Å². The molecule has 0 aromatic heterocycles. The topological polar surface area (TPSA) is 32.5 Å². The largest absolute Gasteiger partial charge is 0.374 e. The van der Waals surface area contributed by atoms with Gasteiger partial charge >= 0.3 is 0 Å². The van der Waals surface area contributed by atoms with Crippen molar-refractivity contribution in [3.8, 4) is 0 Å². The molecule has 0 spiro atoms. The van der Waals surface area contributed by atoms with Crippen LogP contribution in [0.1, 0.15) is 18.4 Å². The Hall–Kier alpha value is -0.770. The lowest BCUT2D eigenvalue weighted by molar-refractivity contribution is 0.222. The molecule has 1 aromatic rings. The first kappa shape index (κ1) is 14.6. The van der Waals surface area contributed by atoms with Crippen LogP contribution in [-0.2, 0) is 6.54 Å². The van der Waals surface area contributed by atoms with Crippen LogP contribution in [0.2, 0.25) is 5.02 Å². The highest BCUT2D eigenvalue weighted by Gasteiger charge is 2.19. The molecule has 1 heterocycles. The number of hydrogen-bond acceptors (Lipinski definition) is 3. The van der Waals surface area contributed by atoms with Gasteiger partial charge in [0.1, 0.15) is 0 Å². The number of anilines is 1. The lowest BCUT2D eigenvalue weighted by Crippen LogP contribution is -2.36. The van der Waals surface area contributed by atoms with Gasteiger partial charge in [-0.15, -0.1) is 0 Å². The molecule has 1 saturated heterocycles. The number of hydrogen-bond donors (Lipinski definition) is 1. The van der Waals surface area contributed by atoms with E-state index in [0.29, 0.717) is 6.54 Å². The van der Waals surface area contributed by atoms with E-state index in [1.807, 2.05) is 18.2 Å². The summed E-state index contributed by atoms with van der Waals surface area (Å²) < 4.78 is 0. The Bertz CT molecular complexity index is 414. The standard InChI is InChI=1S/C15H24ClN3/c1-18-7-5-12(6-8-18)11-19(2)15-9-14(16)4-3-13(15)10-17/h3-4,9,12H,5-8,10-11,17H2,1-2H3. The van der Waals surface area contributed by atoms with Crippen molar-refractivity contribution in [1.29, 1.82) is 0 Å². The van der Waals surface area contributed by atoms with Crippen LogP contribution in [0, 0.1) is 5.92 Å². The Balaban J connectivity index is 2.03. The van der Waals surface area contributed by atoms with Crippen molar-refractivity contribution in [1.82, 2.24) is 4.90 Å². The molecular formula is C15H24ClN3. The second-order valence-electron chi connectivity index (χ2n) is 5.60. The average Bonchev–Trinajstić information content (AvgIpc) is 2.41. The summed E-state index contributed by atoms with van der Waals surface area (Å²) in [6.07, 6.45) is 2.55. The summed E-state index contributed by atoms with van der Waals surface area (Å²) in [7, 11) is 4.34. The quantitative estimate of drug-likeness (QED) is 0.921. The Labute approximate surface area is 121 Å². The summed E-state index contributed by atoms with van der Waals surface area (Å²) in [5.41, 5.74) is 8.15. The fourth-order valence-corrected chi connectivity index (χ4v) is 2.96. The maximum Gasteiger partial charge on any atom is 0.0426 e. The van der Waals surface area contributed by atoms with Gasteiger partial charge in [-0.05, 0) is 56.6 Å². The van der Waals surface area contributed by atoms with Crippen LogP contribution in [0.25, 0.3) is 0 Å². The molecule has 0 saturated carbocycles. The van der Waals surface area contributed by atoms with E-state index >= 15 is 0 Å². The summed E-state index contributed by atoms with van der Waals surface area (Å²) in [4.78, 5) is 4.71. The molecule has 2 rings (SSSR count). The summed E-state index contributed by atoms with van der Waals surface area (Å²) in [5, 5.41) is 0.780. The van der Waals surface area contributed by atoms with Crippen LogP contribution in [0.4, 0.5) is 5.69 Å². The van der Waals surface area contributed by atoms with Gasteiger partial charge in [-0.3, -0.25) is 0 Å². The maximum absolute atomic E-state index is 6.11. The SMILES string of the molecule is CN1CCC(CN(C)c2cc(Cl)ccc2CN)CC1. The van der Waals surface area contributed by atoms with E-state index in [1.165, 1.54) is 37.2 Å². The molecule has 1 aliphatic heterocycles. The van der Waals surface area contributed by atoms with Crippen LogP contribution in [0.15, 0.2) is 18.2 Å². The lowest BCUT2D eigenvalue weighted by Gasteiger charge is -2.33. The molecule has 0 radical (unpaired) electrons. The molecule has 1 fully saturated rings. The zero-order valence-electron chi connectivity index (χ0n) is 11.9. The van der Waals surface area contributed by atoms with Crippen molar-refractivity contribution in [3.05, 3.63) is 28.8 Å². The van der Waals surface area contributed by atoms with Crippen molar-refractivity contribution < 1.29 is 0 Å². The number of rotatable bonds is 4. The maximum atomic E-state index is 6.11. The number of benzene rings is 1. The highest BCUT2D eigenvalue weighted by atomic mass is 35.5. The molecule has 0 unspecified atom stereocenters. The number of likely N-dealkylation sites (tertiary alicyclic amines) is 1. The third-order valence-corrected chi connectivity index (χ3v) is 4.28.